The molecule has 0 atom stereocenters. The van der Waals surface area contributed by atoms with Gasteiger partial charge in [0.1, 0.15) is 6.54 Å². The van der Waals surface area contributed by atoms with Crippen molar-refractivity contribution in [2.24, 2.45) is 0 Å². The third-order valence-corrected chi connectivity index (χ3v) is 4.62. The molecule has 0 unspecified atom stereocenters. The summed E-state index contributed by atoms with van der Waals surface area (Å²) in [5.74, 6) is 0.223. The van der Waals surface area contributed by atoms with Crippen molar-refractivity contribution < 1.29 is 9.36 Å². The Morgan fingerprint density at radius 1 is 0.704 bits per heavy atom. The summed E-state index contributed by atoms with van der Waals surface area (Å²) < 4.78 is 2.16. The highest BCUT2D eigenvalue weighted by atomic mass is 16.2. The highest BCUT2D eigenvalue weighted by Crippen LogP contribution is 2.13. The molecule has 0 fully saturated rings. The van der Waals surface area contributed by atoms with Gasteiger partial charge in [-0.05, 0) is 17.5 Å². The molecule has 3 heteroatoms. The van der Waals surface area contributed by atoms with Gasteiger partial charge in [0.2, 0.25) is 5.91 Å². The molecule has 1 amide bonds. The van der Waals surface area contributed by atoms with Crippen LogP contribution in [0.5, 0.6) is 0 Å². The minimum Gasteiger partial charge on any atom is -0.334 e. The zero-order valence-electron chi connectivity index (χ0n) is 15.7. The summed E-state index contributed by atoms with van der Waals surface area (Å²) >= 11 is 0. The number of aromatic nitrogens is 1. The van der Waals surface area contributed by atoms with Crippen LogP contribution in [0.3, 0.4) is 0 Å². The molecule has 0 spiro atoms. The Morgan fingerprint density at radius 3 is 1.78 bits per heavy atom. The highest BCUT2D eigenvalue weighted by Gasteiger charge is 2.14. The summed E-state index contributed by atoms with van der Waals surface area (Å²) in [6, 6.07) is 26.5. The van der Waals surface area contributed by atoms with Gasteiger partial charge in [-0.1, -0.05) is 66.7 Å². The molecule has 2 aromatic carbocycles. The molecular formula is C24H27N2O+. The average molecular weight is 359 g/mol. The Balaban J connectivity index is 1.56. The van der Waals surface area contributed by atoms with Crippen molar-refractivity contribution in [3.8, 4) is 0 Å². The lowest BCUT2D eigenvalue weighted by Crippen LogP contribution is -2.33. The van der Waals surface area contributed by atoms with E-state index in [-0.39, 0.29) is 5.91 Å². The fourth-order valence-electron chi connectivity index (χ4n) is 3.15. The predicted octanol–water partition coefficient (Wildman–Crippen LogP) is 4.37. The van der Waals surface area contributed by atoms with Crippen LogP contribution in [0.15, 0.2) is 91.3 Å². The van der Waals surface area contributed by atoms with Crippen molar-refractivity contribution in [3.63, 3.8) is 0 Å². The maximum atomic E-state index is 12.9. The van der Waals surface area contributed by atoms with Crippen molar-refractivity contribution >= 4 is 5.91 Å². The molecule has 0 bridgehead atoms. The standard InChI is InChI=1S/C24H27N2O/c27-24(16-8-11-19-25-17-9-3-10-18-25)26(20-22-12-4-1-5-13-22)21-23-14-6-2-7-15-23/h1-7,9-10,12-15,17-18H,8,11,16,19-21H2/q+1. The van der Waals surface area contributed by atoms with E-state index in [1.807, 2.05) is 59.5 Å². The van der Waals surface area contributed by atoms with Crippen LogP contribution in [0.25, 0.3) is 0 Å². The molecule has 1 heterocycles. The van der Waals surface area contributed by atoms with E-state index >= 15 is 0 Å². The minimum absolute atomic E-state index is 0.223. The van der Waals surface area contributed by atoms with E-state index in [1.165, 1.54) is 11.1 Å². The number of carbonyl (C=O) groups is 1. The SMILES string of the molecule is O=C(CCCC[n+]1ccccc1)N(Cc1ccccc1)Cc1ccccc1. The van der Waals surface area contributed by atoms with Crippen LogP contribution in [-0.4, -0.2) is 10.8 Å². The number of pyridine rings is 1. The number of unbranched alkanes of at least 4 members (excludes halogenated alkanes) is 1. The summed E-state index contributed by atoms with van der Waals surface area (Å²) in [5, 5.41) is 0. The summed E-state index contributed by atoms with van der Waals surface area (Å²) in [6.45, 7) is 2.26. The van der Waals surface area contributed by atoms with E-state index in [2.05, 4.69) is 41.2 Å². The number of aryl methyl sites for hydroxylation is 1. The number of amides is 1. The van der Waals surface area contributed by atoms with E-state index in [0.29, 0.717) is 19.5 Å². The van der Waals surface area contributed by atoms with Gasteiger partial charge < -0.3 is 4.90 Å². The van der Waals surface area contributed by atoms with E-state index in [4.69, 9.17) is 0 Å². The van der Waals surface area contributed by atoms with E-state index in [9.17, 15) is 4.79 Å². The normalized spacial score (nSPS) is 10.5. The topological polar surface area (TPSA) is 24.2 Å². The quantitative estimate of drug-likeness (QED) is 0.411. The first-order valence-corrected chi connectivity index (χ1v) is 9.61. The molecule has 27 heavy (non-hydrogen) atoms. The maximum Gasteiger partial charge on any atom is 0.223 e. The molecule has 3 aromatic rings. The highest BCUT2D eigenvalue weighted by molar-refractivity contribution is 5.76. The van der Waals surface area contributed by atoms with Gasteiger partial charge in [-0.3, -0.25) is 4.79 Å². The fourth-order valence-corrected chi connectivity index (χ4v) is 3.15. The Bertz CT molecular complexity index is 762. The average Bonchev–Trinajstić information content (AvgIpc) is 2.73. The minimum atomic E-state index is 0.223. The van der Waals surface area contributed by atoms with Crippen molar-refractivity contribution in [1.82, 2.24) is 4.90 Å². The van der Waals surface area contributed by atoms with Gasteiger partial charge in [-0.15, -0.1) is 0 Å². The number of carbonyl (C=O) groups excluding carboxylic acids is 1. The summed E-state index contributed by atoms with van der Waals surface area (Å²) in [5.41, 5.74) is 2.34. The Kier molecular flexibility index (Phi) is 7.16. The Labute approximate surface area is 161 Å². The predicted molar refractivity (Wildman–Crippen MR) is 108 cm³/mol. The van der Waals surface area contributed by atoms with Crippen LogP contribution in [-0.2, 0) is 24.4 Å². The van der Waals surface area contributed by atoms with E-state index in [1.54, 1.807) is 0 Å². The summed E-state index contributed by atoms with van der Waals surface area (Å²) in [7, 11) is 0. The first-order valence-electron chi connectivity index (χ1n) is 9.61. The molecule has 0 aliphatic carbocycles. The lowest BCUT2D eigenvalue weighted by atomic mass is 10.1. The van der Waals surface area contributed by atoms with Gasteiger partial charge in [0.05, 0.1) is 0 Å². The Morgan fingerprint density at radius 2 is 1.22 bits per heavy atom. The van der Waals surface area contributed by atoms with E-state index in [0.717, 1.165) is 19.4 Å². The van der Waals surface area contributed by atoms with Gasteiger partial charge in [-0.2, -0.15) is 0 Å². The van der Waals surface area contributed by atoms with Crippen molar-refractivity contribution in [1.29, 1.82) is 0 Å². The van der Waals surface area contributed by atoms with Gasteiger partial charge in [0, 0.05) is 38.1 Å². The largest absolute Gasteiger partial charge is 0.334 e. The third kappa shape index (κ3) is 6.37. The molecular weight excluding hydrogens is 332 g/mol. The molecule has 0 aliphatic heterocycles. The molecule has 138 valence electrons. The van der Waals surface area contributed by atoms with Crippen LogP contribution in [0.2, 0.25) is 0 Å². The Hall–Kier alpha value is -2.94. The first kappa shape index (κ1) is 18.8. The van der Waals surface area contributed by atoms with Crippen molar-refractivity contribution in [3.05, 3.63) is 102 Å². The molecule has 0 N–H and O–H groups in total. The molecule has 0 aliphatic rings. The number of hydrogen-bond donors (Lipinski definition) is 0. The lowest BCUT2D eigenvalue weighted by molar-refractivity contribution is -0.697. The monoisotopic (exact) mass is 359 g/mol. The molecule has 0 saturated carbocycles. The second kappa shape index (κ2) is 10.3. The molecule has 3 nitrogen and oxygen atoms in total. The second-order valence-corrected chi connectivity index (χ2v) is 6.79. The third-order valence-electron chi connectivity index (χ3n) is 4.62. The van der Waals surface area contributed by atoms with Gasteiger partial charge in [0.25, 0.3) is 0 Å². The number of hydrogen-bond acceptors (Lipinski definition) is 1. The van der Waals surface area contributed by atoms with Gasteiger partial charge >= 0.3 is 0 Å². The molecule has 3 rings (SSSR count). The van der Waals surface area contributed by atoms with Crippen LogP contribution >= 0.6 is 0 Å². The first-order chi connectivity index (χ1) is 13.3. The molecule has 1 aromatic heterocycles. The fraction of sp³-hybridized carbons (Fsp3) is 0.250. The zero-order valence-corrected chi connectivity index (χ0v) is 15.7. The molecule has 0 saturated heterocycles. The number of nitrogens with zero attached hydrogens (tertiary/aromatic N) is 2. The van der Waals surface area contributed by atoms with Gasteiger partial charge in [0.15, 0.2) is 12.4 Å². The summed E-state index contributed by atoms with van der Waals surface area (Å²) in [4.78, 5) is 14.9. The lowest BCUT2D eigenvalue weighted by Gasteiger charge is -2.23. The number of benzene rings is 2. The van der Waals surface area contributed by atoms with E-state index < -0.39 is 0 Å². The molecule has 0 radical (unpaired) electrons. The van der Waals surface area contributed by atoms with Gasteiger partial charge in [-0.25, -0.2) is 4.57 Å². The van der Waals surface area contributed by atoms with Crippen LogP contribution in [0.1, 0.15) is 30.4 Å². The second-order valence-electron chi connectivity index (χ2n) is 6.79. The maximum absolute atomic E-state index is 12.9. The van der Waals surface area contributed by atoms with Crippen molar-refractivity contribution in [2.45, 2.75) is 38.9 Å². The van der Waals surface area contributed by atoms with Crippen LogP contribution in [0.4, 0.5) is 0 Å². The zero-order chi connectivity index (χ0) is 18.7. The summed E-state index contributed by atoms with van der Waals surface area (Å²) in [6.07, 6.45) is 6.64. The van der Waals surface area contributed by atoms with Crippen LogP contribution in [0, 0.1) is 0 Å². The smallest absolute Gasteiger partial charge is 0.223 e. The van der Waals surface area contributed by atoms with Crippen LogP contribution < -0.4 is 4.57 Å². The number of rotatable bonds is 9. The van der Waals surface area contributed by atoms with Crippen molar-refractivity contribution in [2.75, 3.05) is 0 Å².